The topological polar surface area (TPSA) is 232 Å². The second-order valence-electron chi connectivity index (χ2n) is 19.8. The number of nitrogens with zero attached hydrogens (tertiary/aromatic N) is 3. The summed E-state index contributed by atoms with van der Waals surface area (Å²) in [5.41, 5.74) is -1.88. The SMILES string of the molecule is C/C=C/[C@H]1O[C@@H]([C@@H](C)[C@H](O)[C@H](C)[C@H]2OC(=O)/C(OC)=C/C(C)=C/[C@@H](C)[C@@H](O)[C@@H](CC)[C@H](OC(=O)c3ccc(C4(C(F)(F)F)N=N4)cc3)[C@H](C)C/C(C)=C/C=C/[C@@H]2OC)C[C@@H](OS(=O)(=O)c2ccc([N+](=O)[O-])cc2)[C@@H]1C. The van der Waals surface area contributed by atoms with Crippen LogP contribution in [-0.4, -0.2) is 105 Å². The van der Waals surface area contributed by atoms with Crippen LogP contribution in [0.15, 0.2) is 123 Å². The fourth-order valence-corrected chi connectivity index (χ4v) is 11.0. The van der Waals surface area contributed by atoms with Gasteiger partial charge in [-0.1, -0.05) is 101 Å². The van der Waals surface area contributed by atoms with Crippen molar-refractivity contribution < 1.29 is 74.2 Å². The van der Waals surface area contributed by atoms with Gasteiger partial charge in [-0.15, -0.1) is 10.2 Å². The summed E-state index contributed by atoms with van der Waals surface area (Å²) in [5.74, 6) is -5.62. The van der Waals surface area contributed by atoms with Crippen molar-refractivity contribution in [2.75, 3.05) is 14.2 Å². The molecule has 0 aromatic heterocycles. The fourth-order valence-electron chi connectivity index (χ4n) is 9.88. The summed E-state index contributed by atoms with van der Waals surface area (Å²) in [4.78, 5) is 38.3. The number of halogens is 3. The van der Waals surface area contributed by atoms with E-state index in [0.29, 0.717) is 18.4 Å². The first-order valence-electron chi connectivity index (χ1n) is 24.9. The molecule has 3 aliphatic heterocycles. The number of hydrogen-bond acceptors (Lipinski definition) is 16. The van der Waals surface area contributed by atoms with Crippen LogP contribution >= 0.6 is 0 Å². The van der Waals surface area contributed by atoms with Crippen molar-refractivity contribution >= 4 is 27.7 Å². The van der Waals surface area contributed by atoms with Crippen molar-refractivity contribution in [1.29, 1.82) is 0 Å². The molecule has 2 aromatic carbocycles. The molecule has 412 valence electrons. The third-order valence-corrected chi connectivity index (χ3v) is 15.8. The van der Waals surface area contributed by atoms with E-state index in [2.05, 4.69) is 10.2 Å². The van der Waals surface area contributed by atoms with Gasteiger partial charge in [0.2, 0.25) is 5.76 Å². The maximum absolute atomic E-state index is 14.1. The minimum atomic E-state index is -4.75. The number of nitro groups is 1. The molecule has 1 saturated heterocycles. The van der Waals surface area contributed by atoms with E-state index >= 15 is 0 Å². The predicted molar refractivity (Wildman–Crippen MR) is 270 cm³/mol. The Morgan fingerprint density at radius 1 is 1.04 bits per heavy atom. The van der Waals surface area contributed by atoms with E-state index < -0.39 is 123 Å². The largest absolute Gasteiger partial charge is 0.490 e. The van der Waals surface area contributed by atoms with Gasteiger partial charge in [-0.3, -0.25) is 14.3 Å². The van der Waals surface area contributed by atoms with Crippen molar-refractivity contribution in [3.8, 4) is 0 Å². The highest BCUT2D eigenvalue weighted by atomic mass is 32.2. The fraction of sp³-hybridized carbons (Fsp3) is 0.556. The first-order chi connectivity index (χ1) is 35.2. The summed E-state index contributed by atoms with van der Waals surface area (Å²) in [6.07, 6.45) is 0.0687. The number of ether oxygens (including phenoxy) is 5. The number of carbonyl (C=O) groups excluding carboxylic acids is 2. The number of hydrogen-bond donors (Lipinski definition) is 2. The molecule has 75 heavy (non-hydrogen) atoms. The van der Waals surface area contributed by atoms with Crippen LogP contribution in [-0.2, 0) is 48.4 Å². The van der Waals surface area contributed by atoms with Crippen LogP contribution in [0.2, 0.25) is 0 Å². The third kappa shape index (κ3) is 14.5. The molecule has 14 atom stereocenters. The molecule has 0 bridgehead atoms. The van der Waals surface area contributed by atoms with Crippen molar-refractivity contribution in [2.45, 2.75) is 147 Å². The number of methoxy groups -OCH3 is 2. The first-order valence-corrected chi connectivity index (χ1v) is 26.3. The zero-order valence-electron chi connectivity index (χ0n) is 44.0. The van der Waals surface area contributed by atoms with E-state index in [-0.39, 0.29) is 33.9 Å². The number of non-ortho nitro benzene ring substituents is 1. The van der Waals surface area contributed by atoms with Gasteiger partial charge in [0, 0.05) is 60.8 Å². The van der Waals surface area contributed by atoms with Gasteiger partial charge in [0.15, 0.2) is 0 Å². The Labute approximate surface area is 436 Å². The summed E-state index contributed by atoms with van der Waals surface area (Å²) in [7, 11) is -1.71. The van der Waals surface area contributed by atoms with Gasteiger partial charge in [-0.2, -0.15) is 21.6 Å². The number of alkyl halides is 3. The lowest BCUT2D eigenvalue weighted by atomic mass is 9.79. The molecule has 3 heterocycles. The Morgan fingerprint density at radius 3 is 2.23 bits per heavy atom. The molecule has 1 fully saturated rings. The molecular weight excluding hydrogens is 1000 g/mol. The molecule has 21 heteroatoms. The zero-order valence-corrected chi connectivity index (χ0v) is 44.9. The number of nitro benzene ring substituents is 1. The van der Waals surface area contributed by atoms with E-state index in [0.717, 1.165) is 42.0 Å². The Kier molecular flexibility index (Phi) is 20.5. The van der Waals surface area contributed by atoms with E-state index in [1.807, 2.05) is 20.8 Å². The zero-order chi connectivity index (χ0) is 55.7. The van der Waals surface area contributed by atoms with Gasteiger partial charge < -0.3 is 33.9 Å². The monoisotopic (exact) mass is 1070 g/mol. The van der Waals surface area contributed by atoms with Gasteiger partial charge in [-0.05, 0) is 69.9 Å². The average molecular weight is 1070 g/mol. The molecule has 5 rings (SSSR count). The number of benzene rings is 2. The highest BCUT2D eigenvalue weighted by molar-refractivity contribution is 7.86. The molecule has 0 radical (unpaired) electrons. The van der Waals surface area contributed by atoms with Crippen molar-refractivity contribution in [1.82, 2.24) is 0 Å². The van der Waals surface area contributed by atoms with Crippen molar-refractivity contribution in [3.05, 3.63) is 129 Å². The maximum Gasteiger partial charge on any atom is 0.442 e. The summed E-state index contributed by atoms with van der Waals surface area (Å²) < 4.78 is 104. The predicted octanol–water partition coefficient (Wildman–Crippen LogP) is 10.0. The molecule has 17 nitrogen and oxygen atoms in total. The van der Waals surface area contributed by atoms with E-state index in [4.69, 9.17) is 27.9 Å². The Bertz CT molecular complexity index is 2610. The number of esters is 2. The first kappa shape index (κ1) is 60.3. The molecule has 0 spiro atoms. The minimum Gasteiger partial charge on any atom is -0.490 e. The summed E-state index contributed by atoms with van der Waals surface area (Å²) in [6.45, 7) is 16.0. The highest BCUT2D eigenvalue weighted by Gasteiger charge is 2.65. The second-order valence-corrected chi connectivity index (χ2v) is 21.4. The molecule has 3 aliphatic rings. The van der Waals surface area contributed by atoms with Crippen LogP contribution in [0.1, 0.15) is 97.5 Å². The van der Waals surface area contributed by atoms with Gasteiger partial charge in [0.25, 0.3) is 15.8 Å². The standard InChI is InChI=1S/C54H70F3N3O14S/c1-12-15-42-34(7)45(74-75(67,68)40-24-22-39(23-25-40)60(65)66)29-44(71-42)35(8)48(62)36(9)50-43(69-10)17-14-16-30(3)26-33(6)49(41(13-2)47(61)32(5)27-31(4)28-46(70-11)52(64)73-50)72-51(63)37-18-20-38(21-19-37)53(58-59-53)54(55,56)57/h12,14-25,27-28,32-36,41-45,47-50,61-62H,13,26,29H2,1-11H3/b15-12+,17-14+,30-16+,31-27+,46-28-/t32-,33-,34-,35-,36+,41-,42-,43+,44-,45-,47-,48+,49-,50-/m1/s1. The van der Waals surface area contributed by atoms with Gasteiger partial charge >= 0.3 is 23.8 Å². The maximum atomic E-state index is 14.1. The Hall–Kier alpha value is -5.58. The van der Waals surface area contributed by atoms with Gasteiger partial charge in [-0.25, -0.2) is 9.59 Å². The summed E-state index contributed by atoms with van der Waals surface area (Å²) in [6, 6.07) is 9.08. The molecular formula is C54H70F3N3O14S. The van der Waals surface area contributed by atoms with Crippen LogP contribution in [0, 0.1) is 45.6 Å². The Balaban J connectivity index is 1.45. The third-order valence-electron chi connectivity index (χ3n) is 14.4. The average Bonchev–Trinajstić information content (AvgIpc) is 4.19. The van der Waals surface area contributed by atoms with Crippen molar-refractivity contribution in [2.24, 2.45) is 45.7 Å². The van der Waals surface area contributed by atoms with E-state index in [1.165, 1.54) is 32.4 Å². The van der Waals surface area contributed by atoms with E-state index in [9.17, 15) is 51.5 Å². The van der Waals surface area contributed by atoms with Crippen molar-refractivity contribution in [3.63, 3.8) is 0 Å². The molecule has 0 amide bonds. The van der Waals surface area contributed by atoms with Crippen LogP contribution in [0.5, 0.6) is 0 Å². The summed E-state index contributed by atoms with van der Waals surface area (Å²) in [5, 5.41) is 41.9. The lowest BCUT2D eigenvalue weighted by Gasteiger charge is -2.43. The molecule has 2 N–H and O–H groups in total. The second kappa shape index (κ2) is 25.5. The lowest BCUT2D eigenvalue weighted by molar-refractivity contribution is -0.384. The smallest absolute Gasteiger partial charge is 0.442 e. The lowest BCUT2D eigenvalue weighted by Crippen LogP contribution is -2.51. The highest BCUT2D eigenvalue weighted by Crippen LogP contribution is 2.52. The Morgan fingerprint density at radius 2 is 1.68 bits per heavy atom. The quantitative estimate of drug-likeness (QED) is 0.0556. The summed E-state index contributed by atoms with van der Waals surface area (Å²) >= 11 is 0. The number of cyclic esters (lactones) is 1. The van der Waals surface area contributed by atoms with E-state index in [1.54, 1.807) is 78.0 Å². The normalized spacial score (nSPS) is 31.9. The minimum absolute atomic E-state index is 0.00561. The molecule has 0 saturated carbocycles. The number of aliphatic hydroxyl groups excluding tert-OH is 2. The van der Waals surface area contributed by atoms with Crippen LogP contribution in [0.25, 0.3) is 0 Å². The van der Waals surface area contributed by atoms with Gasteiger partial charge in [0.1, 0.15) is 18.3 Å². The number of rotatable bonds is 15. The van der Waals surface area contributed by atoms with Crippen LogP contribution < -0.4 is 0 Å². The van der Waals surface area contributed by atoms with Crippen LogP contribution in [0.3, 0.4) is 0 Å². The number of carbonyl (C=O) groups is 2. The molecule has 2 aromatic rings. The van der Waals surface area contributed by atoms with Crippen LogP contribution in [0.4, 0.5) is 18.9 Å². The number of aliphatic hydroxyl groups is 2. The molecule has 0 unspecified atom stereocenters. The molecule has 0 aliphatic carbocycles. The number of allylic oxidation sites excluding steroid dienone is 6. The van der Waals surface area contributed by atoms with Gasteiger partial charge in [0.05, 0.1) is 53.0 Å².